The van der Waals surface area contributed by atoms with E-state index in [2.05, 4.69) is 28.2 Å². The molecule has 1 aromatic carbocycles. The predicted octanol–water partition coefficient (Wildman–Crippen LogP) is 2.16. The van der Waals surface area contributed by atoms with E-state index in [9.17, 15) is 4.79 Å². The first-order chi connectivity index (χ1) is 7.70. The van der Waals surface area contributed by atoms with E-state index in [4.69, 9.17) is 0 Å². The third-order valence-corrected chi connectivity index (χ3v) is 3.28. The van der Waals surface area contributed by atoms with Gasteiger partial charge in [0.1, 0.15) is 0 Å². The number of carbonyl (C=O) groups excluding carboxylic acids is 1. The van der Waals surface area contributed by atoms with Crippen molar-refractivity contribution in [3.05, 3.63) is 28.7 Å². The van der Waals surface area contributed by atoms with Crippen LogP contribution in [0.4, 0.5) is 5.69 Å². The zero-order chi connectivity index (χ0) is 11.5. The normalized spacial score (nSPS) is 20.5. The van der Waals surface area contributed by atoms with Gasteiger partial charge in [0, 0.05) is 29.2 Å². The molecule has 0 spiro atoms. The first-order valence-electron chi connectivity index (χ1n) is 5.50. The van der Waals surface area contributed by atoms with E-state index in [1.54, 1.807) is 0 Å². The largest absolute Gasteiger partial charge is 0.312 e. The van der Waals surface area contributed by atoms with Crippen LogP contribution in [0.2, 0.25) is 0 Å². The Hall–Kier alpha value is -0.870. The number of benzene rings is 1. The summed E-state index contributed by atoms with van der Waals surface area (Å²) in [6.07, 6.45) is 0.601. The molecule has 0 aliphatic carbocycles. The number of anilines is 1. The molecule has 1 aliphatic heterocycles. The van der Waals surface area contributed by atoms with E-state index in [0.717, 1.165) is 23.2 Å². The molecule has 1 N–H and O–H groups in total. The van der Waals surface area contributed by atoms with Crippen LogP contribution in [0.15, 0.2) is 28.7 Å². The Kier molecular flexibility index (Phi) is 3.61. The van der Waals surface area contributed by atoms with Crippen molar-refractivity contribution in [2.75, 3.05) is 18.0 Å². The van der Waals surface area contributed by atoms with Crippen molar-refractivity contribution in [3.63, 3.8) is 0 Å². The molecular formula is C12H15BrN2O. The number of halogens is 1. The average molecular weight is 283 g/mol. The molecule has 1 unspecified atom stereocenters. The number of rotatable bonds is 3. The number of likely N-dealkylation sites (N-methyl/N-ethyl adjacent to an activating group) is 1. The van der Waals surface area contributed by atoms with Crippen LogP contribution in [0.5, 0.6) is 0 Å². The van der Waals surface area contributed by atoms with Crippen molar-refractivity contribution in [2.45, 2.75) is 19.4 Å². The topological polar surface area (TPSA) is 32.3 Å². The quantitative estimate of drug-likeness (QED) is 0.922. The minimum absolute atomic E-state index is 0.202. The summed E-state index contributed by atoms with van der Waals surface area (Å²) in [5.74, 6) is 0.202. The summed E-state index contributed by atoms with van der Waals surface area (Å²) in [6, 6.07) is 8.15. The Morgan fingerprint density at radius 3 is 2.75 bits per heavy atom. The molecule has 2 rings (SSSR count). The summed E-state index contributed by atoms with van der Waals surface area (Å²) in [5.41, 5.74) is 0.980. The summed E-state index contributed by atoms with van der Waals surface area (Å²) in [7, 11) is 0. The third-order valence-electron chi connectivity index (χ3n) is 2.76. The molecule has 1 fully saturated rings. The van der Waals surface area contributed by atoms with Crippen LogP contribution in [0.25, 0.3) is 0 Å². The van der Waals surface area contributed by atoms with Gasteiger partial charge in [-0.2, -0.15) is 0 Å². The second kappa shape index (κ2) is 4.97. The highest BCUT2D eigenvalue weighted by molar-refractivity contribution is 9.10. The average Bonchev–Trinajstić information content (AvgIpc) is 2.61. The predicted molar refractivity (Wildman–Crippen MR) is 68.6 cm³/mol. The van der Waals surface area contributed by atoms with Gasteiger partial charge in [-0.3, -0.25) is 4.79 Å². The fraction of sp³-hybridized carbons (Fsp3) is 0.417. The summed E-state index contributed by atoms with van der Waals surface area (Å²) < 4.78 is 1.03. The van der Waals surface area contributed by atoms with Crippen LogP contribution in [0.1, 0.15) is 13.3 Å². The van der Waals surface area contributed by atoms with Crippen molar-refractivity contribution in [3.8, 4) is 0 Å². The molecule has 0 bridgehead atoms. The zero-order valence-electron chi connectivity index (χ0n) is 9.24. The maximum absolute atomic E-state index is 11.8. The monoisotopic (exact) mass is 282 g/mol. The van der Waals surface area contributed by atoms with Crippen LogP contribution >= 0.6 is 15.9 Å². The molecule has 1 aliphatic rings. The standard InChI is InChI=1S/C12H15BrN2O/c1-2-14-10-7-12(16)15(8-10)11-5-3-9(13)4-6-11/h3-6,10,14H,2,7-8H2,1H3. The summed E-state index contributed by atoms with van der Waals surface area (Å²) in [6.45, 7) is 3.74. The minimum atomic E-state index is 0.202. The Morgan fingerprint density at radius 1 is 1.44 bits per heavy atom. The summed E-state index contributed by atoms with van der Waals surface area (Å²) in [5, 5.41) is 3.31. The molecule has 1 atom stereocenters. The molecule has 4 heteroatoms. The van der Waals surface area contributed by atoms with Crippen LogP contribution in [0, 0.1) is 0 Å². The van der Waals surface area contributed by atoms with Crippen LogP contribution in [0.3, 0.4) is 0 Å². The molecule has 16 heavy (non-hydrogen) atoms. The lowest BCUT2D eigenvalue weighted by molar-refractivity contribution is -0.117. The van der Waals surface area contributed by atoms with Crippen LogP contribution in [-0.4, -0.2) is 25.0 Å². The van der Waals surface area contributed by atoms with Crippen molar-refractivity contribution in [1.29, 1.82) is 0 Å². The van der Waals surface area contributed by atoms with Gasteiger partial charge in [0.15, 0.2) is 0 Å². The minimum Gasteiger partial charge on any atom is -0.312 e. The Balaban J connectivity index is 2.10. The lowest BCUT2D eigenvalue weighted by atomic mass is 10.2. The highest BCUT2D eigenvalue weighted by Gasteiger charge is 2.29. The maximum atomic E-state index is 11.8. The second-order valence-electron chi connectivity index (χ2n) is 3.94. The van der Waals surface area contributed by atoms with Gasteiger partial charge in [-0.15, -0.1) is 0 Å². The van der Waals surface area contributed by atoms with Gasteiger partial charge in [-0.1, -0.05) is 22.9 Å². The van der Waals surface area contributed by atoms with Crippen molar-refractivity contribution < 1.29 is 4.79 Å². The van der Waals surface area contributed by atoms with Crippen LogP contribution < -0.4 is 10.2 Å². The van der Waals surface area contributed by atoms with Crippen molar-refractivity contribution in [1.82, 2.24) is 5.32 Å². The maximum Gasteiger partial charge on any atom is 0.228 e. The van der Waals surface area contributed by atoms with E-state index in [1.165, 1.54) is 0 Å². The van der Waals surface area contributed by atoms with Crippen LogP contribution in [-0.2, 0) is 4.79 Å². The van der Waals surface area contributed by atoms with Gasteiger partial charge < -0.3 is 10.2 Å². The highest BCUT2D eigenvalue weighted by atomic mass is 79.9. The molecule has 86 valence electrons. The molecule has 1 aromatic rings. The van der Waals surface area contributed by atoms with Crippen molar-refractivity contribution in [2.24, 2.45) is 0 Å². The number of amides is 1. The lowest BCUT2D eigenvalue weighted by Crippen LogP contribution is -2.32. The van der Waals surface area contributed by atoms with E-state index in [0.29, 0.717) is 12.5 Å². The second-order valence-corrected chi connectivity index (χ2v) is 4.86. The Bertz CT molecular complexity index is 377. The zero-order valence-corrected chi connectivity index (χ0v) is 10.8. The molecule has 1 saturated heterocycles. The van der Waals surface area contributed by atoms with E-state index in [-0.39, 0.29) is 5.91 Å². The molecule has 0 saturated carbocycles. The van der Waals surface area contributed by atoms with Gasteiger partial charge in [-0.25, -0.2) is 0 Å². The molecule has 0 radical (unpaired) electrons. The molecule has 1 heterocycles. The number of hydrogen-bond donors (Lipinski definition) is 1. The number of carbonyl (C=O) groups is 1. The lowest BCUT2D eigenvalue weighted by Gasteiger charge is -2.17. The first kappa shape index (κ1) is 11.6. The summed E-state index contributed by atoms with van der Waals surface area (Å²) in [4.78, 5) is 13.7. The van der Waals surface area contributed by atoms with Gasteiger partial charge in [0.2, 0.25) is 5.91 Å². The molecular weight excluding hydrogens is 268 g/mol. The molecule has 0 aromatic heterocycles. The van der Waals surface area contributed by atoms with E-state index < -0.39 is 0 Å². The number of nitrogens with one attached hydrogen (secondary N) is 1. The van der Waals surface area contributed by atoms with Crippen molar-refractivity contribution >= 4 is 27.5 Å². The van der Waals surface area contributed by atoms with Gasteiger partial charge in [0.05, 0.1) is 0 Å². The van der Waals surface area contributed by atoms with E-state index in [1.807, 2.05) is 29.2 Å². The third kappa shape index (κ3) is 2.44. The molecule has 1 amide bonds. The Labute approximate surface area is 104 Å². The number of nitrogens with zero attached hydrogens (tertiary/aromatic N) is 1. The first-order valence-corrected chi connectivity index (χ1v) is 6.29. The van der Waals surface area contributed by atoms with Gasteiger partial charge in [-0.05, 0) is 30.8 Å². The smallest absolute Gasteiger partial charge is 0.228 e. The van der Waals surface area contributed by atoms with Gasteiger partial charge >= 0.3 is 0 Å². The summed E-state index contributed by atoms with van der Waals surface area (Å²) >= 11 is 3.39. The van der Waals surface area contributed by atoms with E-state index >= 15 is 0 Å². The fourth-order valence-corrected chi connectivity index (χ4v) is 2.27. The molecule has 3 nitrogen and oxygen atoms in total. The Morgan fingerprint density at radius 2 is 2.12 bits per heavy atom. The van der Waals surface area contributed by atoms with Gasteiger partial charge in [0.25, 0.3) is 0 Å². The SMILES string of the molecule is CCNC1CC(=O)N(c2ccc(Br)cc2)C1. The number of hydrogen-bond acceptors (Lipinski definition) is 2. The highest BCUT2D eigenvalue weighted by Crippen LogP contribution is 2.23. The fourth-order valence-electron chi connectivity index (χ4n) is 2.00.